The molecule has 0 saturated heterocycles. The van der Waals surface area contributed by atoms with E-state index in [1.807, 2.05) is 6.92 Å². The largest absolute Gasteiger partial charge is 0.394 e. The van der Waals surface area contributed by atoms with Gasteiger partial charge >= 0.3 is 0 Å². The average molecular weight is 287 g/mol. The van der Waals surface area contributed by atoms with Crippen LogP contribution in [0.25, 0.3) is 0 Å². The van der Waals surface area contributed by atoms with Crippen molar-refractivity contribution >= 4 is 10.0 Å². The number of aliphatic hydroxyl groups excluding tert-OH is 1. The van der Waals surface area contributed by atoms with Crippen molar-refractivity contribution in [1.82, 2.24) is 14.5 Å². The number of sulfonamides is 1. The zero-order valence-electron chi connectivity index (χ0n) is 11.6. The van der Waals surface area contributed by atoms with E-state index in [2.05, 4.69) is 9.82 Å². The van der Waals surface area contributed by atoms with Gasteiger partial charge in [-0.05, 0) is 40.0 Å². The van der Waals surface area contributed by atoms with Gasteiger partial charge in [-0.25, -0.2) is 13.1 Å². The van der Waals surface area contributed by atoms with Crippen molar-refractivity contribution in [3.05, 3.63) is 11.4 Å². The van der Waals surface area contributed by atoms with Gasteiger partial charge in [0, 0.05) is 5.54 Å². The van der Waals surface area contributed by atoms with Crippen molar-refractivity contribution in [2.45, 2.75) is 57.0 Å². The summed E-state index contributed by atoms with van der Waals surface area (Å²) in [7, 11) is -3.55. The van der Waals surface area contributed by atoms with Gasteiger partial charge in [0.15, 0.2) is 0 Å². The maximum atomic E-state index is 12.5. The molecule has 108 valence electrons. The highest BCUT2D eigenvalue weighted by molar-refractivity contribution is 7.89. The second-order valence-electron chi connectivity index (χ2n) is 5.47. The van der Waals surface area contributed by atoms with Crippen LogP contribution >= 0.6 is 0 Å². The molecule has 0 bridgehead atoms. The lowest BCUT2D eigenvalue weighted by Crippen LogP contribution is -2.50. The van der Waals surface area contributed by atoms with Gasteiger partial charge in [-0.1, -0.05) is 0 Å². The summed E-state index contributed by atoms with van der Waals surface area (Å²) in [6.07, 6.45) is 2.80. The summed E-state index contributed by atoms with van der Waals surface area (Å²) in [4.78, 5) is 0.245. The normalized spacial score (nSPS) is 18.3. The molecule has 1 aliphatic carbocycles. The fourth-order valence-electron chi connectivity index (χ4n) is 2.57. The molecule has 2 rings (SSSR count). The van der Waals surface area contributed by atoms with Crippen molar-refractivity contribution < 1.29 is 13.5 Å². The predicted octanol–water partition coefficient (Wildman–Crippen LogP) is 0.713. The molecule has 0 spiro atoms. The second-order valence-corrected chi connectivity index (χ2v) is 7.09. The smallest absolute Gasteiger partial charge is 0.244 e. The Bertz CT molecular complexity index is 573. The van der Waals surface area contributed by atoms with Gasteiger partial charge in [0.2, 0.25) is 10.0 Å². The SMILES string of the molecule is Cc1nn(CCO)c(C)c1S(=O)(=O)NC1(C)CCC1. The Hall–Kier alpha value is -0.920. The highest BCUT2D eigenvalue weighted by Crippen LogP contribution is 2.33. The molecule has 1 fully saturated rings. The van der Waals surface area contributed by atoms with E-state index in [-0.39, 0.29) is 17.0 Å². The number of nitrogens with one attached hydrogen (secondary N) is 1. The third-order valence-electron chi connectivity index (χ3n) is 3.73. The highest BCUT2D eigenvalue weighted by Gasteiger charge is 2.38. The molecule has 1 heterocycles. The Morgan fingerprint density at radius 1 is 1.42 bits per heavy atom. The van der Waals surface area contributed by atoms with E-state index in [0.29, 0.717) is 17.9 Å². The highest BCUT2D eigenvalue weighted by atomic mass is 32.2. The lowest BCUT2D eigenvalue weighted by molar-refractivity contribution is 0.248. The van der Waals surface area contributed by atoms with Gasteiger partial charge in [-0.15, -0.1) is 0 Å². The Balaban J connectivity index is 2.35. The van der Waals surface area contributed by atoms with E-state index >= 15 is 0 Å². The number of aromatic nitrogens is 2. The molecule has 0 unspecified atom stereocenters. The third kappa shape index (κ3) is 2.68. The second kappa shape index (κ2) is 4.88. The number of hydrogen-bond donors (Lipinski definition) is 2. The molecule has 19 heavy (non-hydrogen) atoms. The molecule has 2 N–H and O–H groups in total. The molecule has 0 radical (unpaired) electrons. The minimum atomic E-state index is -3.55. The lowest BCUT2D eigenvalue weighted by Gasteiger charge is -2.38. The summed E-state index contributed by atoms with van der Waals surface area (Å²) in [5.74, 6) is 0. The van der Waals surface area contributed by atoms with Crippen molar-refractivity contribution in [2.75, 3.05) is 6.61 Å². The minimum Gasteiger partial charge on any atom is -0.394 e. The van der Waals surface area contributed by atoms with Gasteiger partial charge in [0.05, 0.1) is 24.5 Å². The van der Waals surface area contributed by atoms with Crippen molar-refractivity contribution in [3.8, 4) is 0 Å². The van der Waals surface area contributed by atoms with Crippen LogP contribution in [0, 0.1) is 13.8 Å². The Morgan fingerprint density at radius 3 is 2.53 bits per heavy atom. The summed E-state index contributed by atoms with van der Waals surface area (Å²) < 4.78 is 29.3. The van der Waals surface area contributed by atoms with Crippen molar-refractivity contribution in [1.29, 1.82) is 0 Å². The van der Waals surface area contributed by atoms with E-state index < -0.39 is 10.0 Å². The standard InChI is InChI=1S/C12H21N3O3S/c1-9-11(10(2)15(13-9)7-8-16)19(17,18)14-12(3)5-4-6-12/h14,16H,4-8H2,1-3H3. The first-order valence-corrected chi connectivity index (χ1v) is 7.96. The quantitative estimate of drug-likeness (QED) is 0.835. The lowest BCUT2D eigenvalue weighted by atomic mass is 9.80. The maximum Gasteiger partial charge on any atom is 0.244 e. The third-order valence-corrected chi connectivity index (χ3v) is 5.62. The van der Waals surface area contributed by atoms with Crippen LogP contribution in [0.2, 0.25) is 0 Å². The number of aliphatic hydroxyl groups is 1. The zero-order valence-corrected chi connectivity index (χ0v) is 12.4. The molecule has 0 atom stereocenters. The summed E-state index contributed by atoms with van der Waals surface area (Å²) >= 11 is 0. The minimum absolute atomic E-state index is 0.0629. The molecule has 1 aromatic heterocycles. The van der Waals surface area contributed by atoms with Gasteiger partial charge in [-0.3, -0.25) is 4.68 Å². The Morgan fingerprint density at radius 2 is 2.05 bits per heavy atom. The van der Waals surface area contributed by atoms with Crippen molar-refractivity contribution in [3.63, 3.8) is 0 Å². The molecule has 6 nitrogen and oxygen atoms in total. The van der Waals surface area contributed by atoms with Crippen LogP contribution in [0.3, 0.4) is 0 Å². The number of nitrogens with zero attached hydrogens (tertiary/aromatic N) is 2. The molecule has 0 aromatic carbocycles. The van der Waals surface area contributed by atoms with Crippen molar-refractivity contribution in [2.24, 2.45) is 0 Å². The molecule has 1 saturated carbocycles. The Labute approximate surface area is 113 Å². The van der Waals surface area contributed by atoms with E-state index in [9.17, 15) is 8.42 Å². The first-order chi connectivity index (χ1) is 8.79. The molecule has 1 aromatic rings. The van der Waals surface area contributed by atoms with Gasteiger partial charge < -0.3 is 5.11 Å². The summed E-state index contributed by atoms with van der Waals surface area (Å²) in [5, 5.41) is 13.1. The molecule has 1 aliphatic rings. The summed E-state index contributed by atoms with van der Waals surface area (Å²) in [5.41, 5.74) is 0.722. The molecule has 0 amide bonds. The van der Waals surface area contributed by atoms with Gasteiger partial charge in [0.1, 0.15) is 4.90 Å². The van der Waals surface area contributed by atoms with E-state index in [0.717, 1.165) is 19.3 Å². The molecule has 0 aliphatic heterocycles. The van der Waals surface area contributed by atoms with E-state index in [4.69, 9.17) is 5.11 Å². The van der Waals surface area contributed by atoms with Crippen LogP contribution < -0.4 is 4.72 Å². The molecular weight excluding hydrogens is 266 g/mol. The van der Waals surface area contributed by atoms with Crippen LogP contribution in [0.15, 0.2) is 4.90 Å². The zero-order chi connectivity index (χ0) is 14.3. The predicted molar refractivity (Wildman–Crippen MR) is 71.4 cm³/mol. The molecular formula is C12H21N3O3S. The van der Waals surface area contributed by atoms with Crippen LogP contribution in [-0.4, -0.2) is 35.5 Å². The Kier molecular flexibility index (Phi) is 3.72. The van der Waals surface area contributed by atoms with E-state index in [1.165, 1.54) is 4.68 Å². The summed E-state index contributed by atoms with van der Waals surface area (Å²) in [6, 6.07) is 0. The summed E-state index contributed by atoms with van der Waals surface area (Å²) in [6.45, 7) is 5.56. The van der Waals surface area contributed by atoms with Crippen LogP contribution in [0.4, 0.5) is 0 Å². The molecule has 7 heteroatoms. The monoisotopic (exact) mass is 287 g/mol. The fourth-order valence-corrected chi connectivity index (χ4v) is 4.45. The first kappa shape index (κ1) is 14.5. The van der Waals surface area contributed by atoms with Gasteiger partial charge in [-0.2, -0.15) is 5.10 Å². The topological polar surface area (TPSA) is 84.2 Å². The fraction of sp³-hybridized carbons (Fsp3) is 0.750. The number of aryl methyl sites for hydroxylation is 1. The number of hydrogen-bond acceptors (Lipinski definition) is 4. The first-order valence-electron chi connectivity index (χ1n) is 6.48. The van der Waals surface area contributed by atoms with Gasteiger partial charge in [0.25, 0.3) is 0 Å². The van der Waals surface area contributed by atoms with E-state index in [1.54, 1.807) is 13.8 Å². The number of rotatable bonds is 5. The van der Waals surface area contributed by atoms with Crippen LogP contribution in [0.1, 0.15) is 37.6 Å². The van der Waals surface area contributed by atoms with Crippen LogP contribution in [-0.2, 0) is 16.6 Å². The van der Waals surface area contributed by atoms with Crippen LogP contribution in [0.5, 0.6) is 0 Å². The average Bonchev–Trinajstić information content (AvgIpc) is 2.52. The maximum absolute atomic E-state index is 12.5.